The summed E-state index contributed by atoms with van der Waals surface area (Å²) in [5.41, 5.74) is 0.344. The summed E-state index contributed by atoms with van der Waals surface area (Å²) >= 11 is 0. The van der Waals surface area contributed by atoms with Gasteiger partial charge < -0.3 is 15.5 Å². The highest BCUT2D eigenvalue weighted by Crippen LogP contribution is 2.23. The largest absolute Gasteiger partial charge is 0.393 e. The van der Waals surface area contributed by atoms with Crippen LogP contribution in [0.4, 0.5) is 23.7 Å². The number of rotatable bonds is 3. The number of hydrogen-bond donors (Lipinski definition) is 2. The lowest BCUT2D eigenvalue weighted by atomic mass is 10.1. The van der Waals surface area contributed by atoms with Gasteiger partial charge >= 0.3 is 12.2 Å². The molecule has 2 rings (SSSR count). The number of carbonyl (C=O) groups is 2. The van der Waals surface area contributed by atoms with Gasteiger partial charge in [-0.1, -0.05) is 19.1 Å². The third-order valence-corrected chi connectivity index (χ3v) is 3.56. The van der Waals surface area contributed by atoms with Crippen molar-refractivity contribution in [2.24, 2.45) is 0 Å². The molecule has 1 aromatic carbocycles. The normalized spacial score (nSPS) is 18.5. The van der Waals surface area contributed by atoms with E-state index in [4.69, 9.17) is 0 Å². The van der Waals surface area contributed by atoms with Crippen LogP contribution < -0.4 is 10.6 Å². The minimum atomic E-state index is -4.30. The van der Waals surface area contributed by atoms with Crippen LogP contribution >= 0.6 is 0 Å². The molecule has 0 spiro atoms. The lowest BCUT2D eigenvalue weighted by Gasteiger charge is -2.34. The van der Waals surface area contributed by atoms with E-state index >= 15 is 0 Å². The van der Waals surface area contributed by atoms with Crippen LogP contribution in [0.15, 0.2) is 24.3 Å². The van der Waals surface area contributed by atoms with Crippen LogP contribution in [0.2, 0.25) is 0 Å². The van der Waals surface area contributed by atoms with E-state index in [0.717, 1.165) is 0 Å². The Labute approximate surface area is 131 Å². The van der Waals surface area contributed by atoms with Crippen molar-refractivity contribution >= 4 is 17.6 Å². The Bertz CT molecular complexity index is 590. The highest BCUT2D eigenvalue weighted by atomic mass is 19.4. The second-order valence-electron chi connectivity index (χ2n) is 5.33. The summed E-state index contributed by atoms with van der Waals surface area (Å²) in [5.74, 6) is -0.222. The lowest BCUT2D eigenvalue weighted by Crippen LogP contribution is -2.57. The molecule has 1 aromatic rings. The van der Waals surface area contributed by atoms with Gasteiger partial charge in [0.05, 0.1) is 6.42 Å². The molecule has 1 atom stereocenters. The molecule has 2 N–H and O–H groups in total. The monoisotopic (exact) mass is 329 g/mol. The van der Waals surface area contributed by atoms with Gasteiger partial charge in [-0.25, -0.2) is 4.79 Å². The number of carbonyl (C=O) groups excluding carboxylic acids is 2. The number of halogens is 3. The highest BCUT2D eigenvalue weighted by Gasteiger charge is 2.32. The molecule has 1 saturated heterocycles. The minimum Gasteiger partial charge on any atom is -0.353 e. The molecule has 0 aromatic heterocycles. The molecule has 1 fully saturated rings. The van der Waals surface area contributed by atoms with Gasteiger partial charge in [-0.2, -0.15) is 13.2 Å². The second-order valence-corrected chi connectivity index (χ2v) is 5.33. The lowest BCUT2D eigenvalue weighted by molar-refractivity contribution is -0.128. The number of anilines is 1. The summed E-state index contributed by atoms with van der Waals surface area (Å²) in [6, 6.07) is 4.56. The SMILES string of the molecule is CC[C@H]1C(=O)NCCN1C(=O)Nc1cccc(CC(F)(F)F)c1. The van der Waals surface area contributed by atoms with Crippen molar-refractivity contribution in [3.63, 3.8) is 0 Å². The molecule has 0 radical (unpaired) electrons. The maximum Gasteiger partial charge on any atom is 0.393 e. The average molecular weight is 329 g/mol. The third-order valence-electron chi connectivity index (χ3n) is 3.56. The Morgan fingerprint density at radius 1 is 1.43 bits per heavy atom. The van der Waals surface area contributed by atoms with Crippen LogP contribution in [0, 0.1) is 0 Å². The van der Waals surface area contributed by atoms with E-state index in [9.17, 15) is 22.8 Å². The first-order valence-corrected chi connectivity index (χ1v) is 7.31. The zero-order chi connectivity index (χ0) is 17.0. The fourth-order valence-electron chi connectivity index (χ4n) is 2.55. The van der Waals surface area contributed by atoms with Crippen molar-refractivity contribution in [2.75, 3.05) is 18.4 Å². The van der Waals surface area contributed by atoms with Crippen molar-refractivity contribution in [1.82, 2.24) is 10.2 Å². The smallest absolute Gasteiger partial charge is 0.353 e. The molecule has 0 aliphatic carbocycles. The van der Waals surface area contributed by atoms with Crippen LogP contribution in [0.1, 0.15) is 18.9 Å². The summed E-state index contributed by atoms with van der Waals surface area (Å²) in [5, 5.41) is 5.24. The molecular weight excluding hydrogens is 311 g/mol. The summed E-state index contributed by atoms with van der Waals surface area (Å²) in [6.07, 6.45) is -4.89. The van der Waals surface area contributed by atoms with E-state index in [2.05, 4.69) is 10.6 Å². The highest BCUT2D eigenvalue weighted by molar-refractivity contribution is 5.94. The molecule has 0 bridgehead atoms. The Balaban J connectivity index is 2.07. The molecule has 8 heteroatoms. The van der Waals surface area contributed by atoms with E-state index in [1.807, 2.05) is 0 Å². The van der Waals surface area contributed by atoms with E-state index < -0.39 is 24.7 Å². The Morgan fingerprint density at radius 2 is 2.17 bits per heavy atom. The van der Waals surface area contributed by atoms with Gasteiger partial charge in [-0.05, 0) is 24.1 Å². The summed E-state index contributed by atoms with van der Waals surface area (Å²) < 4.78 is 37.3. The van der Waals surface area contributed by atoms with Gasteiger partial charge in [0.1, 0.15) is 6.04 Å². The molecule has 1 aliphatic rings. The average Bonchev–Trinajstić information content (AvgIpc) is 2.45. The first-order chi connectivity index (χ1) is 10.8. The Morgan fingerprint density at radius 3 is 2.83 bits per heavy atom. The molecule has 0 unspecified atom stereocenters. The van der Waals surface area contributed by atoms with Gasteiger partial charge in [0.15, 0.2) is 0 Å². The zero-order valence-corrected chi connectivity index (χ0v) is 12.6. The summed E-state index contributed by atoms with van der Waals surface area (Å²) in [6.45, 7) is 2.51. The number of nitrogens with one attached hydrogen (secondary N) is 2. The van der Waals surface area contributed by atoms with Crippen LogP contribution in [0.25, 0.3) is 0 Å². The molecule has 0 saturated carbocycles. The van der Waals surface area contributed by atoms with Gasteiger partial charge in [0.25, 0.3) is 0 Å². The standard InChI is InChI=1S/C15H18F3N3O2/c1-2-12-13(22)19-6-7-21(12)14(23)20-11-5-3-4-10(8-11)9-15(16,17)18/h3-5,8,12H,2,6-7,9H2,1H3,(H,19,22)(H,20,23)/t12-/m0/s1. The fraction of sp³-hybridized carbons (Fsp3) is 0.467. The van der Waals surface area contributed by atoms with Crippen molar-refractivity contribution < 1.29 is 22.8 Å². The number of amides is 3. The predicted octanol–water partition coefficient (Wildman–Crippen LogP) is 2.53. The van der Waals surface area contributed by atoms with Crippen LogP contribution in [-0.4, -0.2) is 42.1 Å². The van der Waals surface area contributed by atoms with Crippen LogP contribution in [0.3, 0.4) is 0 Å². The number of hydrogen-bond acceptors (Lipinski definition) is 2. The molecule has 23 heavy (non-hydrogen) atoms. The molecule has 1 aliphatic heterocycles. The van der Waals surface area contributed by atoms with Crippen LogP contribution in [0.5, 0.6) is 0 Å². The third kappa shape index (κ3) is 4.61. The molecule has 1 heterocycles. The van der Waals surface area contributed by atoms with E-state index in [-0.39, 0.29) is 17.2 Å². The Kier molecular flexibility index (Phi) is 5.12. The first kappa shape index (κ1) is 17.1. The molecular formula is C15H18F3N3O2. The molecule has 5 nitrogen and oxygen atoms in total. The van der Waals surface area contributed by atoms with Crippen LogP contribution in [-0.2, 0) is 11.2 Å². The quantitative estimate of drug-likeness (QED) is 0.895. The minimum absolute atomic E-state index is 0.0683. The first-order valence-electron chi connectivity index (χ1n) is 7.31. The topological polar surface area (TPSA) is 61.4 Å². The number of urea groups is 1. The van der Waals surface area contributed by atoms with Gasteiger partial charge in [0.2, 0.25) is 5.91 Å². The fourth-order valence-corrected chi connectivity index (χ4v) is 2.55. The second kappa shape index (κ2) is 6.89. The van der Waals surface area contributed by atoms with Crippen molar-refractivity contribution in [2.45, 2.75) is 32.0 Å². The molecule has 3 amide bonds. The maximum atomic E-state index is 12.4. The van der Waals surface area contributed by atoms with E-state index in [0.29, 0.717) is 19.5 Å². The number of benzene rings is 1. The van der Waals surface area contributed by atoms with Gasteiger partial charge in [0, 0.05) is 18.8 Å². The van der Waals surface area contributed by atoms with E-state index in [1.165, 1.54) is 29.2 Å². The maximum absolute atomic E-state index is 12.4. The van der Waals surface area contributed by atoms with Crippen molar-refractivity contribution in [3.8, 4) is 0 Å². The predicted molar refractivity (Wildman–Crippen MR) is 79.0 cm³/mol. The van der Waals surface area contributed by atoms with Crippen molar-refractivity contribution in [1.29, 1.82) is 0 Å². The number of alkyl halides is 3. The number of nitrogens with zero attached hydrogens (tertiary/aromatic N) is 1. The summed E-state index contributed by atoms with van der Waals surface area (Å²) in [7, 11) is 0. The summed E-state index contributed by atoms with van der Waals surface area (Å²) in [4.78, 5) is 25.4. The number of piperazine rings is 1. The Hall–Kier alpha value is -2.25. The molecule has 126 valence electrons. The van der Waals surface area contributed by atoms with E-state index in [1.54, 1.807) is 6.92 Å². The van der Waals surface area contributed by atoms with Gasteiger partial charge in [-0.3, -0.25) is 4.79 Å². The van der Waals surface area contributed by atoms with Crippen molar-refractivity contribution in [3.05, 3.63) is 29.8 Å². The zero-order valence-electron chi connectivity index (χ0n) is 12.6. The van der Waals surface area contributed by atoms with Gasteiger partial charge in [-0.15, -0.1) is 0 Å².